The molecule has 0 radical (unpaired) electrons. The van der Waals surface area contributed by atoms with E-state index in [-0.39, 0.29) is 11.4 Å². The molecular formula is C16H13N5O4S. The average Bonchev–Trinajstić information content (AvgIpc) is 2.61. The Kier molecular flexibility index (Phi) is 4.85. The van der Waals surface area contributed by atoms with E-state index in [9.17, 15) is 20.2 Å². The maximum Gasteiger partial charge on any atom is 0.301 e. The first-order valence-corrected chi connectivity index (χ1v) is 8.21. The second-order valence-electron chi connectivity index (χ2n) is 5.30. The zero-order valence-corrected chi connectivity index (χ0v) is 14.3. The summed E-state index contributed by atoms with van der Waals surface area (Å²) >= 11 is 1.52. The molecule has 0 atom stereocenters. The van der Waals surface area contributed by atoms with Crippen LogP contribution in [0.4, 0.5) is 22.7 Å². The number of para-hydroxylation sites is 1. The summed E-state index contributed by atoms with van der Waals surface area (Å²) in [6.45, 7) is 0. The molecule has 0 bridgehead atoms. The van der Waals surface area contributed by atoms with Gasteiger partial charge in [0, 0.05) is 29.1 Å². The van der Waals surface area contributed by atoms with Crippen LogP contribution in [-0.4, -0.2) is 23.1 Å². The first-order chi connectivity index (χ1) is 12.5. The van der Waals surface area contributed by atoms with Crippen molar-refractivity contribution in [2.45, 2.75) is 4.90 Å². The zero-order chi connectivity index (χ0) is 18.7. The highest BCUT2D eigenvalue weighted by atomic mass is 32.2. The standard InChI is InChI=1S/C16H13N5O4S/c1-19-10-12(26-16-5-3-2-4-14(16)19)9-17-18-13-7-6-11(20(22)23)8-15(13)21(24)25/h2-10,18H,1H3/b17-9+. The second kappa shape index (κ2) is 7.23. The van der Waals surface area contributed by atoms with Gasteiger partial charge < -0.3 is 4.90 Å². The maximum absolute atomic E-state index is 11.1. The fourth-order valence-electron chi connectivity index (χ4n) is 2.35. The number of non-ortho nitro benzene ring substituents is 1. The van der Waals surface area contributed by atoms with Gasteiger partial charge >= 0.3 is 5.69 Å². The summed E-state index contributed by atoms with van der Waals surface area (Å²) < 4.78 is 0. The van der Waals surface area contributed by atoms with Gasteiger partial charge in [0.1, 0.15) is 5.69 Å². The topological polar surface area (TPSA) is 114 Å². The summed E-state index contributed by atoms with van der Waals surface area (Å²) in [5.41, 5.74) is 2.97. The molecule has 26 heavy (non-hydrogen) atoms. The van der Waals surface area contributed by atoms with E-state index in [1.165, 1.54) is 23.9 Å². The van der Waals surface area contributed by atoms with Crippen LogP contribution in [0.5, 0.6) is 0 Å². The molecule has 132 valence electrons. The Morgan fingerprint density at radius 2 is 1.92 bits per heavy atom. The summed E-state index contributed by atoms with van der Waals surface area (Å²) in [4.78, 5) is 24.4. The fraction of sp³-hybridized carbons (Fsp3) is 0.0625. The van der Waals surface area contributed by atoms with Gasteiger partial charge in [-0.2, -0.15) is 5.10 Å². The monoisotopic (exact) mass is 371 g/mol. The average molecular weight is 371 g/mol. The molecule has 0 spiro atoms. The number of thioether (sulfide) groups is 1. The molecule has 0 aliphatic carbocycles. The summed E-state index contributed by atoms with van der Waals surface area (Å²) in [7, 11) is 1.92. The minimum atomic E-state index is -0.691. The molecule has 0 saturated heterocycles. The van der Waals surface area contributed by atoms with Crippen molar-refractivity contribution >= 4 is 40.7 Å². The van der Waals surface area contributed by atoms with E-state index in [1.54, 1.807) is 6.21 Å². The highest BCUT2D eigenvalue weighted by Gasteiger charge is 2.19. The van der Waals surface area contributed by atoms with Gasteiger partial charge in [-0.3, -0.25) is 25.7 Å². The number of fused-ring (bicyclic) bond motifs is 1. The van der Waals surface area contributed by atoms with Crippen molar-refractivity contribution in [1.29, 1.82) is 0 Å². The van der Waals surface area contributed by atoms with E-state index < -0.39 is 15.5 Å². The lowest BCUT2D eigenvalue weighted by molar-refractivity contribution is -0.393. The number of nitro groups is 2. The number of nitrogens with one attached hydrogen (secondary N) is 1. The highest BCUT2D eigenvalue weighted by Crippen LogP contribution is 2.38. The van der Waals surface area contributed by atoms with Crippen LogP contribution in [0.1, 0.15) is 0 Å². The summed E-state index contributed by atoms with van der Waals surface area (Å²) in [5.74, 6) is 0. The third-order valence-corrected chi connectivity index (χ3v) is 4.57. The SMILES string of the molecule is CN1C=C(/C=N/Nc2ccc([N+](=O)[O-])cc2[N+](=O)[O-])Sc2ccccc21. The van der Waals surface area contributed by atoms with Crippen molar-refractivity contribution in [2.24, 2.45) is 5.10 Å². The van der Waals surface area contributed by atoms with E-state index in [2.05, 4.69) is 10.5 Å². The molecule has 1 N–H and O–H groups in total. The van der Waals surface area contributed by atoms with Gasteiger partial charge in [-0.15, -0.1) is 0 Å². The molecule has 3 rings (SSSR count). The second-order valence-corrected chi connectivity index (χ2v) is 6.41. The van der Waals surface area contributed by atoms with Crippen molar-refractivity contribution in [3.05, 3.63) is 73.8 Å². The van der Waals surface area contributed by atoms with Crippen LogP contribution < -0.4 is 10.3 Å². The largest absolute Gasteiger partial charge is 0.349 e. The van der Waals surface area contributed by atoms with Crippen molar-refractivity contribution in [3.8, 4) is 0 Å². The highest BCUT2D eigenvalue weighted by molar-refractivity contribution is 8.04. The molecule has 0 aromatic heterocycles. The lowest BCUT2D eigenvalue weighted by atomic mass is 10.2. The summed E-state index contributed by atoms with van der Waals surface area (Å²) in [6.07, 6.45) is 3.44. The number of hydrogen-bond donors (Lipinski definition) is 1. The predicted molar refractivity (Wildman–Crippen MR) is 101 cm³/mol. The Morgan fingerprint density at radius 1 is 1.15 bits per heavy atom. The number of hydrazone groups is 1. The van der Waals surface area contributed by atoms with Crippen LogP contribution in [0.15, 0.2) is 63.6 Å². The van der Waals surface area contributed by atoms with E-state index in [0.717, 1.165) is 21.6 Å². The van der Waals surface area contributed by atoms with E-state index in [1.807, 2.05) is 42.4 Å². The molecule has 0 unspecified atom stereocenters. The molecule has 9 nitrogen and oxygen atoms in total. The Labute approximate surface area is 152 Å². The van der Waals surface area contributed by atoms with Gasteiger partial charge in [0.05, 0.1) is 27.8 Å². The molecule has 2 aromatic carbocycles. The van der Waals surface area contributed by atoms with Crippen LogP contribution in [0.2, 0.25) is 0 Å². The summed E-state index contributed by atoms with van der Waals surface area (Å²) in [6, 6.07) is 11.2. The van der Waals surface area contributed by atoms with Gasteiger partial charge in [-0.25, -0.2) is 0 Å². The van der Waals surface area contributed by atoms with Crippen LogP contribution in [0.3, 0.4) is 0 Å². The van der Waals surface area contributed by atoms with Gasteiger partial charge in [-0.05, 0) is 18.2 Å². The Balaban J connectivity index is 1.77. The zero-order valence-electron chi connectivity index (χ0n) is 13.5. The van der Waals surface area contributed by atoms with Crippen molar-refractivity contribution in [1.82, 2.24) is 0 Å². The molecule has 0 saturated carbocycles. The maximum atomic E-state index is 11.1. The minimum absolute atomic E-state index is 0.0759. The lowest BCUT2D eigenvalue weighted by Gasteiger charge is -2.23. The van der Waals surface area contributed by atoms with E-state index in [4.69, 9.17) is 0 Å². The lowest BCUT2D eigenvalue weighted by Crippen LogP contribution is -2.13. The number of benzene rings is 2. The molecular weight excluding hydrogens is 358 g/mol. The molecule has 1 aliphatic rings. The number of hydrogen-bond acceptors (Lipinski definition) is 8. The molecule has 1 heterocycles. The predicted octanol–water partition coefficient (Wildman–Crippen LogP) is 3.98. The molecule has 0 fully saturated rings. The number of nitro benzene ring substituents is 2. The van der Waals surface area contributed by atoms with Gasteiger partial charge in [0.25, 0.3) is 5.69 Å². The van der Waals surface area contributed by atoms with E-state index >= 15 is 0 Å². The number of nitrogens with zero attached hydrogens (tertiary/aromatic N) is 4. The molecule has 0 amide bonds. The van der Waals surface area contributed by atoms with Crippen molar-refractivity contribution in [3.63, 3.8) is 0 Å². The first-order valence-electron chi connectivity index (χ1n) is 7.39. The Morgan fingerprint density at radius 3 is 2.65 bits per heavy atom. The number of anilines is 2. The van der Waals surface area contributed by atoms with Crippen LogP contribution in [0, 0.1) is 20.2 Å². The molecule has 2 aromatic rings. The Bertz CT molecular complexity index is 944. The smallest absolute Gasteiger partial charge is 0.301 e. The number of allylic oxidation sites excluding steroid dienone is 1. The van der Waals surface area contributed by atoms with Crippen molar-refractivity contribution < 1.29 is 9.85 Å². The first kappa shape index (κ1) is 17.4. The van der Waals surface area contributed by atoms with Crippen molar-refractivity contribution in [2.75, 3.05) is 17.4 Å². The summed E-state index contributed by atoms with van der Waals surface area (Å²) in [5, 5.41) is 25.9. The normalized spacial score (nSPS) is 13.3. The third-order valence-electron chi connectivity index (χ3n) is 3.56. The molecule has 10 heteroatoms. The fourth-order valence-corrected chi connectivity index (χ4v) is 3.39. The number of rotatable bonds is 5. The van der Waals surface area contributed by atoms with Crippen LogP contribution in [0.25, 0.3) is 0 Å². The Hall–Kier alpha value is -3.40. The van der Waals surface area contributed by atoms with Crippen LogP contribution in [-0.2, 0) is 0 Å². The van der Waals surface area contributed by atoms with Gasteiger partial charge in [-0.1, -0.05) is 23.9 Å². The van der Waals surface area contributed by atoms with Gasteiger partial charge in [0.2, 0.25) is 0 Å². The van der Waals surface area contributed by atoms with E-state index in [0.29, 0.717) is 0 Å². The van der Waals surface area contributed by atoms with Gasteiger partial charge in [0.15, 0.2) is 0 Å². The molecule has 1 aliphatic heterocycles. The van der Waals surface area contributed by atoms with Crippen LogP contribution >= 0.6 is 11.8 Å². The quantitative estimate of drug-likeness (QED) is 0.480. The third kappa shape index (κ3) is 3.64. The minimum Gasteiger partial charge on any atom is -0.349 e.